The van der Waals surface area contributed by atoms with Crippen molar-refractivity contribution < 1.29 is 43.1 Å². The highest BCUT2D eigenvalue weighted by Crippen LogP contribution is 2.22. The van der Waals surface area contributed by atoms with Crippen molar-refractivity contribution in [3.8, 4) is 12.0 Å². The molecule has 1 aromatic rings. The fourth-order valence-electron chi connectivity index (χ4n) is 1.90. The highest BCUT2D eigenvalue weighted by Gasteiger charge is 2.33. The fourth-order valence-corrected chi connectivity index (χ4v) is 1.90. The third kappa shape index (κ3) is 7.49. The molecule has 0 N–H and O–H groups in total. The van der Waals surface area contributed by atoms with Gasteiger partial charge in [-0.25, -0.2) is 18.6 Å². The molecule has 11 nitrogen and oxygen atoms in total. The minimum absolute atomic E-state index is 0.321. The molecule has 0 radical (unpaired) electrons. The summed E-state index contributed by atoms with van der Waals surface area (Å²) in [5, 5.41) is 0. The number of hydrogen-bond acceptors (Lipinski definition) is 10. The first-order valence-corrected chi connectivity index (χ1v) is 8.47. The standard InChI is InChI=1S/C12H21N4O3.ClHO4/c1-4-18-11-13-10(14-12(15-11)19-5-2)16(3)6-8-17-9-7-16;2-1(3,4)5/h4-9H2,1-3H3;(H,2,3,4,5)/q+1;/p-1. The molecular weight excluding hydrogens is 348 g/mol. The molecule has 12 heteroatoms. The van der Waals surface area contributed by atoms with E-state index in [1.807, 2.05) is 13.8 Å². The van der Waals surface area contributed by atoms with E-state index in [2.05, 4.69) is 22.0 Å². The van der Waals surface area contributed by atoms with E-state index in [9.17, 15) is 0 Å². The zero-order valence-electron chi connectivity index (χ0n) is 13.8. The van der Waals surface area contributed by atoms with E-state index in [4.69, 9.17) is 32.8 Å². The van der Waals surface area contributed by atoms with Crippen LogP contribution < -0.4 is 32.6 Å². The maximum Gasteiger partial charge on any atom is 0.338 e. The normalized spacial score (nSPS) is 16.8. The lowest BCUT2D eigenvalue weighted by atomic mass is 10.4. The van der Waals surface area contributed by atoms with E-state index in [1.54, 1.807) is 0 Å². The van der Waals surface area contributed by atoms with E-state index in [-0.39, 0.29) is 0 Å². The van der Waals surface area contributed by atoms with Crippen LogP contribution in [0.15, 0.2) is 0 Å². The number of rotatable bonds is 5. The van der Waals surface area contributed by atoms with Crippen LogP contribution in [0.25, 0.3) is 0 Å². The van der Waals surface area contributed by atoms with Crippen molar-refractivity contribution in [2.24, 2.45) is 0 Å². The number of hydrogen-bond donors (Lipinski definition) is 0. The summed E-state index contributed by atoms with van der Waals surface area (Å²) in [6.07, 6.45) is 0. The predicted octanol–water partition coefficient (Wildman–Crippen LogP) is -4.12. The Morgan fingerprint density at radius 1 is 0.958 bits per heavy atom. The molecule has 2 rings (SSSR count). The van der Waals surface area contributed by atoms with Gasteiger partial charge in [-0.2, -0.15) is 0 Å². The molecule has 24 heavy (non-hydrogen) atoms. The van der Waals surface area contributed by atoms with Gasteiger partial charge in [0.25, 0.3) is 0 Å². The van der Waals surface area contributed by atoms with E-state index < -0.39 is 10.2 Å². The van der Waals surface area contributed by atoms with Crippen LogP contribution >= 0.6 is 0 Å². The lowest BCUT2D eigenvalue weighted by Gasteiger charge is -2.34. The highest BCUT2D eigenvalue weighted by atomic mass is 35.7. The van der Waals surface area contributed by atoms with Gasteiger partial charge < -0.3 is 14.2 Å². The summed E-state index contributed by atoms with van der Waals surface area (Å²) in [5.41, 5.74) is 0. The van der Waals surface area contributed by atoms with E-state index in [1.165, 1.54) is 0 Å². The largest absolute Gasteiger partial charge is 0.463 e. The monoisotopic (exact) mass is 368 g/mol. The smallest absolute Gasteiger partial charge is 0.338 e. The van der Waals surface area contributed by atoms with E-state index >= 15 is 0 Å². The summed E-state index contributed by atoms with van der Waals surface area (Å²) in [6, 6.07) is 0.642. The van der Waals surface area contributed by atoms with Crippen LogP contribution in [0.1, 0.15) is 13.8 Å². The summed E-state index contributed by atoms with van der Waals surface area (Å²) in [7, 11) is -2.86. The lowest BCUT2D eigenvalue weighted by Crippen LogP contribution is -2.68. The van der Waals surface area contributed by atoms with Gasteiger partial charge in [0.05, 0.1) is 33.5 Å². The summed E-state index contributed by atoms with van der Waals surface area (Å²) in [4.78, 5) is 12.9. The quantitative estimate of drug-likeness (QED) is 0.467. The average molecular weight is 369 g/mol. The van der Waals surface area contributed by atoms with Crippen molar-refractivity contribution in [1.82, 2.24) is 19.4 Å². The second-order valence-corrected chi connectivity index (χ2v) is 5.66. The van der Waals surface area contributed by atoms with Gasteiger partial charge in [-0.05, 0) is 13.8 Å². The van der Waals surface area contributed by atoms with Crippen LogP contribution in [0.3, 0.4) is 0 Å². The van der Waals surface area contributed by atoms with Crippen LogP contribution in [0.4, 0.5) is 5.95 Å². The van der Waals surface area contributed by atoms with Gasteiger partial charge >= 0.3 is 18.0 Å². The number of aromatic nitrogens is 3. The first kappa shape index (κ1) is 20.7. The Bertz CT molecular complexity index is 478. The molecule has 0 spiro atoms. The minimum atomic E-state index is -4.94. The topological polar surface area (TPSA) is 159 Å². The average Bonchev–Trinajstić information content (AvgIpc) is 2.47. The summed E-state index contributed by atoms with van der Waals surface area (Å²) in [5.74, 6) is 0.671. The Morgan fingerprint density at radius 3 is 1.75 bits per heavy atom. The third-order valence-corrected chi connectivity index (χ3v) is 3.07. The molecule has 1 saturated heterocycles. The van der Waals surface area contributed by atoms with Crippen molar-refractivity contribution >= 4 is 5.95 Å². The second-order valence-electron chi connectivity index (χ2n) is 4.90. The molecule has 138 valence electrons. The molecule has 2 heterocycles. The van der Waals surface area contributed by atoms with Gasteiger partial charge in [-0.15, -0.1) is 25.2 Å². The SMILES string of the molecule is CCOc1nc(OCC)nc([N+]2(C)CCOCC2)n1.[O-][Cl+3]([O-])([O-])[O-]. The fraction of sp³-hybridized carbons (Fsp3) is 0.750. The van der Waals surface area contributed by atoms with Gasteiger partial charge in [-0.1, -0.05) is 0 Å². The lowest BCUT2D eigenvalue weighted by molar-refractivity contribution is -2.00. The number of quaternary nitrogens is 1. The molecule has 1 aliphatic rings. The third-order valence-electron chi connectivity index (χ3n) is 3.07. The summed E-state index contributed by atoms with van der Waals surface area (Å²) >= 11 is 0. The van der Waals surface area contributed by atoms with Crippen molar-refractivity contribution in [3.63, 3.8) is 0 Å². The molecule has 0 amide bonds. The first-order valence-electron chi connectivity index (χ1n) is 7.24. The minimum Gasteiger partial charge on any atom is -0.463 e. The Kier molecular flexibility index (Phi) is 7.96. The number of nitrogens with zero attached hydrogens (tertiary/aromatic N) is 4. The molecule has 1 aliphatic heterocycles. The maximum absolute atomic E-state index is 8.49. The number of halogens is 1. The molecule has 0 unspecified atom stereocenters. The highest BCUT2D eigenvalue weighted by molar-refractivity contribution is 5.28. The van der Waals surface area contributed by atoms with Gasteiger partial charge in [0.1, 0.15) is 13.1 Å². The van der Waals surface area contributed by atoms with Gasteiger partial charge in [0.15, 0.2) is 0 Å². The summed E-state index contributed by atoms with van der Waals surface area (Å²) in [6.45, 7) is 7.90. The molecular formula is C12H21ClN4O7. The van der Waals surface area contributed by atoms with Gasteiger partial charge in [-0.3, -0.25) is 4.48 Å². The Morgan fingerprint density at radius 2 is 1.38 bits per heavy atom. The molecule has 1 fully saturated rings. The van der Waals surface area contributed by atoms with Crippen LogP contribution in [-0.2, 0) is 4.74 Å². The Labute approximate surface area is 141 Å². The van der Waals surface area contributed by atoms with Crippen LogP contribution in [0.2, 0.25) is 0 Å². The number of ether oxygens (including phenoxy) is 3. The maximum atomic E-state index is 8.49. The van der Waals surface area contributed by atoms with Crippen molar-refractivity contribution in [2.75, 3.05) is 46.6 Å². The van der Waals surface area contributed by atoms with Crippen molar-refractivity contribution in [3.05, 3.63) is 0 Å². The van der Waals surface area contributed by atoms with Crippen molar-refractivity contribution in [1.29, 1.82) is 0 Å². The Hall–Kier alpha value is -1.34. The predicted molar refractivity (Wildman–Crippen MR) is 70.4 cm³/mol. The van der Waals surface area contributed by atoms with E-state index in [0.29, 0.717) is 48.9 Å². The molecule has 0 atom stereocenters. The first-order chi connectivity index (χ1) is 11.2. The Balaban J connectivity index is 0.000000505. The van der Waals surface area contributed by atoms with Crippen molar-refractivity contribution in [2.45, 2.75) is 13.8 Å². The second kappa shape index (κ2) is 9.22. The van der Waals surface area contributed by atoms with Gasteiger partial charge in [0.2, 0.25) is 0 Å². The van der Waals surface area contributed by atoms with Crippen LogP contribution in [0, 0.1) is 10.2 Å². The van der Waals surface area contributed by atoms with Crippen LogP contribution in [-0.4, -0.2) is 61.5 Å². The van der Waals surface area contributed by atoms with Gasteiger partial charge in [0, 0.05) is 0 Å². The molecule has 0 bridgehead atoms. The van der Waals surface area contributed by atoms with Crippen LogP contribution in [0.5, 0.6) is 12.0 Å². The van der Waals surface area contributed by atoms with E-state index in [0.717, 1.165) is 13.1 Å². The molecule has 0 saturated carbocycles. The number of likely N-dealkylation sites (N-methyl/N-ethyl adjacent to an activating group) is 1. The summed E-state index contributed by atoms with van der Waals surface area (Å²) < 4.78 is 50.8. The molecule has 0 aliphatic carbocycles. The zero-order valence-corrected chi connectivity index (χ0v) is 14.5. The number of morpholine rings is 1. The molecule has 1 aromatic heterocycles. The molecule has 0 aromatic carbocycles. The zero-order chi connectivity index (χ0) is 18.2.